The summed E-state index contributed by atoms with van der Waals surface area (Å²) in [7, 11) is 0. The van der Waals surface area contributed by atoms with Gasteiger partial charge in [-0.25, -0.2) is 14.8 Å². The van der Waals surface area contributed by atoms with E-state index in [4.69, 9.17) is 0 Å². The third kappa shape index (κ3) is 4.50. The zero-order valence-corrected chi connectivity index (χ0v) is 21.2. The van der Waals surface area contributed by atoms with Gasteiger partial charge in [-0.05, 0) is 50.6 Å². The molecule has 12 heteroatoms. The Labute approximate surface area is 212 Å². The van der Waals surface area contributed by atoms with Crippen LogP contribution >= 0.6 is 27.3 Å². The first-order valence-electron chi connectivity index (χ1n) is 10.9. The molecular weight excluding hydrogens is 536 g/mol. The maximum atomic E-state index is 12.8. The van der Waals surface area contributed by atoms with Crippen LogP contribution in [0.4, 0.5) is 10.6 Å². The van der Waals surface area contributed by atoms with Gasteiger partial charge in [-0.15, -0.1) is 11.3 Å². The van der Waals surface area contributed by atoms with Crippen LogP contribution in [0.5, 0.6) is 0 Å². The van der Waals surface area contributed by atoms with E-state index in [-0.39, 0.29) is 37.0 Å². The zero-order chi connectivity index (χ0) is 24.9. The molecule has 0 spiro atoms. The second kappa shape index (κ2) is 8.68. The number of thiazole rings is 1. The molecule has 3 N–H and O–H groups in total. The number of imide groups is 1. The number of fused-ring (bicyclic) bond motifs is 2. The Balaban J connectivity index is 1.27. The second-order valence-electron chi connectivity index (χ2n) is 8.93. The normalized spacial score (nSPS) is 18.0. The van der Waals surface area contributed by atoms with Crippen LogP contribution in [0, 0.1) is 0 Å². The summed E-state index contributed by atoms with van der Waals surface area (Å²) in [5.41, 5.74) is 0.958. The van der Waals surface area contributed by atoms with Gasteiger partial charge >= 0.3 is 6.03 Å². The molecule has 0 saturated carbocycles. The van der Waals surface area contributed by atoms with Crippen molar-refractivity contribution in [1.82, 2.24) is 25.5 Å². The van der Waals surface area contributed by atoms with Crippen LogP contribution in [0.15, 0.2) is 34.8 Å². The number of urea groups is 1. The predicted octanol–water partition coefficient (Wildman–Crippen LogP) is 3.27. The Bertz CT molecular complexity index is 1400. The maximum absolute atomic E-state index is 12.8. The Morgan fingerprint density at radius 2 is 2.00 bits per heavy atom. The van der Waals surface area contributed by atoms with E-state index in [0.717, 1.165) is 19.7 Å². The fourth-order valence-electron chi connectivity index (χ4n) is 4.16. The van der Waals surface area contributed by atoms with Gasteiger partial charge in [-0.1, -0.05) is 15.9 Å². The number of pyridine rings is 1. The fraction of sp³-hybridized carbons (Fsp3) is 0.304. The van der Waals surface area contributed by atoms with Crippen LogP contribution in [0.1, 0.15) is 47.7 Å². The Morgan fingerprint density at radius 3 is 2.77 bits per heavy atom. The van der Waals surface area contributed by atoms with Crippen molar-refractivity contribution in [2.24, 2.45) is 0 Å². The van der Waals surface area contributed by atoms with Gasteiger partial charge in [0.2, 0.25) is 11.8 Å². The molecule has 2 aromatic heterocycles. The van der Waals surface area contributed by atoms with Crippen LogP contribution in [0.3, 0.4) is 0 Å². The van der Waals surface area contributed by atoms with E-state index in [2.05, 4.69) is 41.8 Å². The van der Waals surface area contributed by atoms with E-state index in [0.29, 0.717) is 11.3 Å². The SMILES string of the molecule is CC(C)(NC(=O)Nc1ccc2c(n1)CN(C1CCC(=O)NC1=O)C2=O)c1nc2ccc(Br)cc2s1. The number of carbonyl (C=O) groups excluding carboxylic acids is 4. The average molecular weight is 557 g/mol. The van der Waals surface area contributed by atoms with Crippen LogP contribution in [0.25, 0.3) is 10.2 Å². The summed E-state index contributed by atoms with van der Waals surface area (Å²) in [6.07, 6.45) is 0.453. The third-order valence-corrected chi connectivity index (χ3v) is 7.76. The minimum Gasteiger partial charge on any atom is -0.326 e. The molecule has 4 heterocycles. The van der Waals surface area contributed by atoms with Crippen LogP contribution in [-0.4, -0.2) is 44.7 Å². The molecule has 1 atom stereocenters. The average Bonchev–Trinajstić information content (AvgIpc) is 3.34. The highest BCUT2D eigenvalue weighted by Gasteiger charge is 2.39. The van der Waals surface area contributed by atoms with Crippen molar-refractivity contribution in [2.45, 2.75) is 44.8 Å². The molecule has 1 saturated heterocycles. The molecule has 0 aliphatic carbocycles. The highest BCUT2D eigenvalue weighted by atomic mass is 79.9. The molecule has 0 bridgehead atoms. The smallest absolute Gasteiger partial charge is 0.321 e. The second-order valence-corrected chi connectivity index (χ2v) is 10.9. The van der Waals surface area contributed by atoms with E-state index in [9.17, 15) is 19.2 Å². The lowest BCUT2D eigenvalue weighted by molar-refractivity contribution is -0.136. The minimum absolute atomic E-state index is 0.129. The number of aromatic nitrogens is 2. The molecule has 3 aromatic rings. The number of hydrogen-bond acceptors (Lipinski definition) is 7. The van der Waals surface area contributed by atoms with Gasteiger partial charge in [0.1, 0.15) is 16.9 Å². The van der Waals surface area contributed by atoms with Gasteiger partial charge in [0.05, 0.1) is 33.6 Å². The first kappa shape index (κ1) is 23.4. The van der Waals surface area contributed by atoms with Gasteiger partial charge < -0.3 is 10.2 Å². The molecule has 10 nitrogen and oxygen atoms in total. The van der Waals surface area contributed by atoms with Gasteiger partial charge in [0, 0.05) is 10.9 Å². The van der Waals surface area contributed by atoms with E-state index in [1.165, 1.54) is 16.2 Å². The molecule has 2 aliphatic heterocycles. The molecule has 5 amide bonds. The number of nitrogens with zero attached hydrogens (tertiary/aromatic N) is 3. The van der Waals surface area contributed by atoms with Crippen molar-refractivity contribution in [1.29, 1.82) is 0 Å². The van der Waals surface area contributed by atoms with Crippen molar-refractivity contribution in [3.8, 4) is 0 Å². The van der Waals surface area contributed by atoms with E-state index >= 15 is 0 Å². The predicted molar refractivity (Wildman–Crippen MR) is 133 cm³/mol. The maximum Gasteiger partial charge on any atom is 0.321 e. The highest BCUT2D eigenvalue weighted by molar-refractivity contribution is 9.10. The largest absolute Gasteiger partial charge is 0.326 e. The standard InChI is InChI=1S/C23H21BrN6O4S/c1-23(2,21-26-13-5-3-11(24)9-16(13)35-21)29-22(34)27-17-7-4-12-14(25-17)10-30(20(12)33)15-6-8-18(31)28-19(15)32/h3-5,7,9,15H,6,8,10H2,1-2H3,(H,28,31,32)(H2,25,27,29,34). The van der Waals surface area contributed by atoms with E-state index in [1.807, 2.05) is 32.0 Å². The Morgan fingerprint density at radius 1 is 1.20 bits per heavy atom. The van der Waals surface area contributed by atoms with Gasteiger partial charge in [-0.3, -0.25) is 25.0 Å². The van der Waals surface area contributed by atoms with E-state index < -0.39 is 23.5 Å². The van der Waals surface area contributed by atoms with Gasteiger partial charge in [-0.2, -0.15) is 0 Å². The lowest BCUT2D eigenvalue weighted by atomic mass is 10.0. The Hall–Kier alpha value is -3.38. The molecule has 180 valence electrons. The lowest BCUT2D eigenvalue weighted by Gasteiger charge is -2.29. The van der Waals surface area contributed by atoms with Crippen LogP contribution in [0.2, 0.25) is 0 Å². The summed E-state index contributed by atoms with van der Waals surface area (Å²) < 4.78 is 1.97. The monoisotopic (exact) mass is 556 g/mol. The zero-order valence-electron chi connectivity index (χ0n) is 18.8. The summed E-state index contributed by atoms with van der Waals surface area (Å²) in [6.45, 7) is 3.86. The molecule has 5 rings (SSSR count). The van der Waals surface area contributed by atoms with Crippen molar-refractivity contribution in [3.05, 3.63) is 51.1 Å². The van der Waals surface area contributed by atoms with Crippen LogP contribution < -0.4 is 16.0 Å². The van der Waals surface area contributed by atoms with Crippen LogP contribution in [-0.2, 0) is 21.7 Å². The van der Waals surface area contributed by atoms with Gasteiger partial charge in [0.15, 0.2) is 0 Å². The summed E-state index contributed by atoms with van der Waals surface area (Å²) in [6, 6.07) is 7.78. The first-order chi connectivity index (χ1) is 16.6. The molecule has 2 aliphatic rings. The minimum atomic E-state index is -0.741. The molecule has 1 fully saturated rings. The Kier molecular flexibility index (Phi) is 5.80. The fourth-order valence-corrected chi connectivity index (χ4v) is 5.73. The van der Waals surface area contributed by atoms with Crippen molar-refractivity contribution < 1.29 is 19.2 Å². The van der Waals surface area contributed by atoms with Crippen molar-refractivity contribution >= 4 is 67.1 Å². The third-order valence-electron chi connectivity index (χ3n) is 5.92. The number of anilines is 1. The number of rotatable bonds is 4. The molecule has 1 aromatic carbocycles. The highest BCUT2D eigenvalue weighted by Crippen LogP contribution is 2.32. The summed E-state index contributed by atoms with van der Waals surface area (Å²) in [5.74, 6) is -0.859. The van der Waals surface area contributed by atoms with Crippen molar-refractivity contribution in [2.75, 3.05) is 5.32 Å². The number of amides is 5. The summed E-state index contributed by atoms with van der Waals surface area (Å²) >= 11 is 4.96. The van der Waals surface area contributed by atoms with Crippen molar-refractivity contribution in [3.63, 3.8) is 0 Å². The molecule has 1 unspecified atom stereocenters. The number of halogens is 1. The number of carbonyl (C=O) groups is 4. The first-order valence-corrected chi connectivity index (χ1v) is 12.5. The lowest BCUT2D eigenvalue weighted by Crippen LogP contribution is -2.52. The van der Waals surface area contributed by atoms with E-state index in [1.54, 1.807) is 12.1 Å². The number of piperidine rings is 1. The number of hydrogen-bond donors (Lipinski definition) is 3. The quantitative estimate of drug-likeness (QED) is 0.422. The summed E-state index contributed by atoms with van der Waals surface area (Å²) in [4.78, 5) is 59.7. The topological polar surface area (TPSA) is 133 Å². The molecule has 0 radical (unpaired) electrons. The number of benzene rings is 1. The molecular formula is C23H21BrN6O4S. The van der Waals surface area contributed by atoms with Gasteiger partial charge in [0.25, 0.3) is 5.91 Å². The summed E-state index contributed by atoms with van der Waals surface area (Å²) in [5, 5.41) is 8.68. The number of nitrogens with one attached hydrogen (secondary N) is 3. The molecule has 35 heavy (non-hydrogen) atoms.